The second-order valence-corrected chi connectivity index (χ2v) is 4.20. The minimum Gasteiger partial charge on any atom is -0.490 e. The van der Waals surface area contributed by atoms with Crippen LogP contribution in [-0.2, 0) is 13.0 Å². The van der Waals surface area contributed by atoms with Crippen molar-refractivity contribution in [2.75, 3.05) is 12.8 Å². The molecule has 20 heavy (non-hydrogen) atoms. The third kappa shape index (κ3) is 2.53. The van der Waals surface area contributed by atoms with Gasteiger partial charge in [0.15, 0.2) is 11.6 Å². The van der Waals surface area contributed by atoms with Gasteiger partial charge in [-0.15, -0.1) is 5.10 Å². The van der Waals surface area contributed by atoms with E-state index < -0.39 is 4.92 Å². The number of nitrogens with zero attached hydrogens (tertiary/aromatic N) is 4. The number of nitro benzene ring substituents is 1. The van der Waals surface area contributed by atoms with Gasteiger partial charge in [-0.25, -0.2) is 4.68 Å². The Bertz CT molecular complexity index is 638. The summed E-state index contributed by atoms with van der Waals surface area (Å²) in [6, 6.07) is 4.79. The van der Waals surface area contributed by atoms with Crippen LogP contribution in [0.5, 0.6) is 5.75 Å². The van der Waals surface area contributed by atoms with E-state index in [1.165, 1.54) is 13.2 Å². The molecule has 8 nitrogen and oxygen atoms in total. The molecule has 8 heteroatoms. The topological polar surface area (TPSA) is 109 Å². The summed E-state index contributed by atoms with van der Waals surface area (Å²) < 4.78 is 6.60. The van der Waals surface area contributed by atoms with Gasteiger partial charge in [-0.3, -0.25) is 10.1 Å². The van der Waals surface area contributed by atoms with Crippen molar-refractivity contribution in [2.45, 2.75) is 19.9 Å². The number of ether oxygens (including phenoxy) is 1. The van der Waals surface area contributed by atoms with Gasteiger partial charge in [0.25, 0.3) is 0 Å². The lowest BCUT2D eigenvalue weighted by atomic mass is 10.2. The second kappa shape index (κ2) is 5.55. The number of anilines is 1. The third-order valence-electron chi connectivity index (χ3n) is 2.97. The molecule has 0 atom stereocenters. The van der Waals surface area contributed by atoms with Gasteiger partial charge in [-0.05, 0) is 18.1 Å². The zero-order valence-corrected chi connectivity index (χ0v) is 11.2. The van der Waals surface area contributed by atoms with Crippen molar-refractivity contribution >= 4 is 11.5 Å². The predicted octanol–water partition coefficient (Wildman–Crippen LogP) is 1.39. The summed E-state index contributed by atoms with van der Waals surface area (Å²) in [6.45, 7) is 2.32. The van der Waals surface area contributed by atoms with Crippen molar-refractivity contribution in [3.8, 4) is 5.75 Å². The largest absolute Gasteiger partial charge is 0.490 e. The van der Waals surface area contributed by atoms with Crippen LogP contribution >= 0.6 is 0 Å². The van der Waals surface area contributed by atoms with E-state index in [9.17, 15) is 10.1 Å². The molecule has 0 fully saturated rings. The normalized spacial score (nSPS) is 10.5. The average Bonchev–Trinajstić information content (AvgIpc) is 2.78. The minimum absolute atomic E-state index is 0.0730. The summed E-state index contributed by atoms with van der Waals surface area (Å²) in [4.78, 5) is 10.5. The van der Waals surface area contributed by atoms with E-state index in [-0.39, 0.29) is 11.4 Å². The predicted molar refractivity (Wildman–Crippen MR) is 72.6 cm³/mol. The summed E-state index contributed by atoms with van der Waals surface area (Å²) in [5, 5.41) is 18.7. The van der Waals surface area contributed by atoms with Gasteiger partial charge < -0.3 is 10.5 Å². The first kappa shape index (κ1) is 13.8. The van der Waals surface area contributed by atoms with Crippen LogP contribution in [0.1, 0.15) is 18.2 Å². The second-order valence-electron chi connectivity index (χ2n) is 4.20. The Balaban J connectivity index is 2.34. The van der Waals surface area contributed by atoms with E-state index in [0.29, 0.717) is 18.8 Å². The number of rotatable bonds is 5. The monoisotopic (exact) mass is 277 g/mol. The zero-order valence-electron chi connectivity index (χ0n) is 11.2. The van der Waals surface area contributed by atoms with E-state index in [4.69, 9.17) is 10.5 Å². The maximum Gasteiger partial charge on any atom is 0.311 e. The van der Waals surface area contributed by atoms with Gasteiger partial charge in [0.2, 0.25) is 0 Å². The highest BCUT2D eigenvalue weighted by Gasteiger charge is 2.16. The van der Waals surface area contributed by atoms with Crippen molar-refractivity contribution in [3.63, 3.8) is 0 Å². The third-order valence-corrected chi connectivity index (χ3v) is 2.97. The zero-order chi connectivity index (χ0) is 14.7. The smallest absolute Gasteiger partial charge is 0.311 e. The van der Waals surface area contributed by atoms with Crippen LogP contribution in [0.15, 0.2) is 18.2 Å². The number of methoxy groups -OCH3 is 1. The number of nitro groups is 1. The lowest BCUT2D eigenvalue weighted by Crippen LogP contribution is -2.07. The number of hydrogen-bond donors (Lipinski definition) is 1. The van der Waals surface area contributed by atoms with Gasteiger partial charge in [-0.1, -0.05) is 18.2 Å². The molecule has 2 aromatic rings. The van der Waals surface area contributed by atoms with E-state index >= 15 is 0 Å². The number of benzene rings is 1. The van der Waals surface area contributed by atoms with Crippen molar-refractivity contribution in [3.05, 3.63) is 39.6 Å². The summed E-state index contributed by atoms with van der Waals surface area (Å²) in [5.41, 5.74) is 7.18. The van der Waals surface area contributed by atoms with E-state index in [1.54, 1.807) is 16.8 Å². The first-order valence-electron chi connectivity index (χ1n) is 6.06. The fourth-order valence-corrected chi connectivity index (χ4v) is 1.99. The van der Waals surface area contributed by atoms with Crippen LogP contribution < -0.4 is 10.5 Å². The Morgan fingerprint density at radius 2 is 2.25 bits per heavy atom. The molecule has 0 aliphatic heterocycles. The van der Waals surface area contributed by atoms with Gasteiger partial charge >= 0.3 is 5.69 Å². The maximum atomic E-state index is 11.0. The molecule has 106 valence electrons. The van der Waals surface area contributed by atoms with Gasteiger partial charge in [0.05, 0.1) is 24.3 Å². The van der Waals surface area contributed by atoms with E-state index in [2.05, 4.69) is 10.3 Å². The van der Waals surface area contributed by atoms with E-state index in [1.807, 2.05) is 6.92 Å². The highest BCUT2D eigenvalue weighted by atomic mass is 16.6. The van der Waals surface area contributed by atoms with Crippen molar-refractivity contribution < 1.29 is 9.66 Å². The number of hydrogen-bond acceptors (Lipinski definition) is 6. The van der Waals surface area contributed by atoms with Crippen molar-refractivity contribution in [1.82, 2.24) is 15.0 Å². The number of nitrogens with two attached hydrogens (primary N) is 1. The molecule has 0 bridgehead atoms. The Morgan fingerprint density at radius 3 is 2.85 bits per heavy atom. The summed E-state index contributed by atoms with van der Waals surface area (Å²) in [6.07, 6.45) is 0.692. The van der Waals surface area contributed by atoms with Gasteiger partial charge in [0.1, 0.15) is 0 Å². The summed E-state index contributed by atoms with van der Waals surface area (Å²) in [7, 11) is 1.40. The number of nitrogen functional groups attached to an aromatic ring is 1. The molecule has 1 heterocycles. The molecule has 2 N–H and O–H groups in total. The molecule has 0 amide bonds. The Kier molecular flexibility index (Phi) is 3.83. The standard InChI is InChI=1S/C12H15N5O3/c1-3-9-12(13)14-15-16(9)7-8-4-5-11(20-2)10(6-8)17(18)19/h4-6H,3,7,13H2,1-2H3. The lowest BCUT2D eigenvalue weighted by molar-refractivity contribution is -0.385. The molecule has 0 radical (unpaired) electrons. The van der Waals surface area contributed by atoms with Gasteiger partial charge in [0, 0.05) is 6.07 Å². The molecule has 0 spiro atoms. The first-order valence-corrected chi connectivity index (χ1v) is 6.06. The van der Waals surface area contributed by atoms with Crippen LogP contribution in [0.2, 0.25) is 0 Å². The molecule has 0 saturated carbocycles. The first-order chi connectivity index (χ1) is 9.56. The Morgan fingerprint density at radius 1 is 1.50 bits per heavy atom. The average molecular weight is 277 g/mol. The quantitative estimate of drug-likeness (QED) is 0.653. The summed E-state index contributed by atoms with van der Waals surface area (Å²) in [5.74, 6) is 0.614. The molecule has 2 rings (SSSR count). The molecule has 0 aliphatic rings. The molecule has 0 aliphatic carbocycles. The number of aromatic nitrogens is 3. The Hall–Kier alpha value is -2.64. The Labute approximate surface area is 115 Å². The molecule has 0 saturated heterocycles. The summed E-state index contributed by atoms with van der Waals surface area (Å²) >= 11 is 0. The SMILES string of the molecule is CCc1c(N)nnn1Cc1ccc(OC)c([N+](=O)[O-])c1. The van der Waals surface area contributed by atoms with Crippen molar-refractivity contribution in [2.24, 2.45) is 0 Å². The van der Waals surface area contributed by atoms with Crippen LogP contribution in [0, 0.1) is 10.1 Å². The fourth-order valence-electron chi connectivity index (χ4n) is 1.99. The van der Waals surface area contributed by atoms with Crippen molar-refractivity contribution in [1.29, 1.82) is 0 Å². The highest BCUT2D eigenvalue weighted by Crippen LogP contribution is 2.28. The molecule has 1 aromatic heterocycles. The molecule has 1 aromatic carbocycles. The minimum atomic E-state index is -0.473. The fraction of sp³-hybridized carbons (Fsp3) is 0.333. The van der Waals surface area contributed by atoms with Crippen LogP contribution in [-0.4, -0.2) is 27.0 Å². The van der Waals surface area contributed by atoms with Crippen LogP contribution in [0.3, 0.4) is 0 Å². The molecule has 0 unspecified atom stereocenters. The van der Waals surface area contributed by atoms with Gasteiger partial charge in [-0.2, -0.15) is 0 Å². The van der Waals surface area contributed by atoms with Crippen LogP contribution in [0.4, 0.5) is 11.5 Å². The molecular formula is C12H15N5O3. The lowest BCUT2D eigenvalue weighted by Gasteiger charge is -2.07. The van der Waals surface area contributed by atoms with Crippen LogP contribution in [0.25, 0.3) is 0 Å². The molecular weight excluding hydrogens is 262 g/mol. The highest BCUT2D eigenvalue weighted by molar-refractivity contribution is 5.48. The maximum absolute atomic E-state index is 11.0. The van der Waals surface area contributed by atoms with E-state index in [0.717, 1.165) is 11.3 Å².